The van der Waals surface area contributed by atoms with Crippen LogP contribution in [0.4, 0.5) is 0 Å². The normalized spacial score (nSPS) is 21.6. The minimum absolute atomic E-state index is 0.254. The second kappa shape index (κ2) is 37.2. The predicted molar refractivity (Wildman–Crippen MR) is 227 cm³/mol. The Hall–Kier alpha value is -0.850. The molecule has 0 saturated carbocycles. The zero-order chi connectivity index (χ0) is 41.1. The first-order valence-corrected chi connectivity index (χ1v) is 23.8. The number of aliphatic hydroxyl groups excluding tert-OH is 6. The van der Waals surface area contributed by atoms with Gasteiger partial charge in [-0.3, -0.25) is 4.79 Å². The fourth-order valence-corrected chi connectivity index (χ4v) is 7.91. The van der Waals surface area contributed by atoms with Crippen molar-refractivity contribution in [3.8, 4) is 0 Å². The van der Waals surface area contributed by atoms with Crippen molar-refractivity contribution < 1.29 is 44.9 Å². The lowest BCUT2D eigenvalue weighted by atomic mass is 9.98. The minimum Gasteiger partial charge on any atom is -0.394 e. The van der Waals surface area contributed by atoms with Gasteiger partial charge in [0, 0.05) is 6.42 Å². The third kappa shape index (κ3) is 27.0. The van der Waals surface area contributed by atoms with E-state index >= 15 is 0 Å². The molecule has 1 rings (SSSR count). The lowest BCUT2D eigenvalue weighted by Crippen LogP contribution is -2.60. The Kier molecular flexibility index (Phi) is 35.3. The molecule has 0 aromatic carbocycles. The van der Waals surface area contributed by atoms with Crippen molar-refractivity contribution in [3.63, 3.8) is 0 Å². The summed E-state index contributed by atoms with van der Waals surface area (Å²) in [6, 6.07) is -0.984. The first-order valence-electron chi connectivity index (χ1n) is 23.8. The number of hydrogen-bond donors (Lipinski definition) is 7. The van der Waals surface area contributed by atoms with Crippen molar-refractivity contribution in [3.05, 3.63) is 0 Å². The van der Waals surface area contributed by atoms with E-state index in [0.717, 1.165) is 38.5 Å². The lowest BCUT2D eigenvalue weighted by Gasteiger charge is -2.40. The molecule has 1 saturated heterocycles. The molecule has 1 aliphatic rings. The summed E-state index contributed by atoms with van der Waals surface area (Å²) >= 11 is 0. The number of amides is 1. The van der Waals surface area contributed by atoms with Gasteiger partial charge in [0.2, 0.25) is 5.91 Å². The van der Waals surface area contributed by atoms with Crippen LogP contribution >= 0.6 is 0 Å². The third-order valence-electron chi connectivity index (χ3n) is 11.8. The molecule has 0 aliphatic carbocycles. The topological polar surface area (TPSA) is 169 Å². The summed E-state index contributed by atoms with van der Waals surface area (Å²) in [5.74, 6) is -0.254. The molecule has 0 spiro atoms. The second-order valence-corrected chi connectivity index (χ2v) is 17.1. The monoisotopic (exact) mass is 802 g/mol. The van der Waals surface area contributed by atoms with Crippen molar-refractivity contribution >= 4 is 5.91 Å². The average Bonchev–Trinajstić information content (AvgIpc) is 3.20. The largest absolute Gasteiger partial charge is 0.394 e. The molecule has 7 N–H and O–H groups in total. The summed E-state index contributed by atoms with van der Waals surface area (Å²) in [4.78, 5) is 13.0. The molecule has 1 heterocycles. The highest BCUT2D eigenvalue weighted by atomic mass is 16.7. The number of rotatable bonds is 40. The molecule has 10 heteroatoms. The van der Waals surface area contributed by atoms with Gasteiger partial charge in [0.05, 0.1) is 25.4 Å². The molecule has 1 aliphatic heterocycles. The number of unbranched alkanes of at least 4 members (excludes halogenated alkanes) is 29. The van der Waals surface area contributed by atoms with E-state index in [2.05, 4.69) is 19.2 Å². The maximum Gasteiger partial charge on any atom is 0.220 e. The Labute approximate surface area is 343 Å². The first-order chi connectivity index (χ1) is 27.3. The predicted octanol–water partition coefficient (Wildman–Crippen LogP) is 8.92. The van der Waals surface area contributed by atoms with Crippen LogP contribution in [0.1, 0.15) is 226 Å². The van der Waals surface area contributed by atoms with Gasteiger partial charge in [0.25, 0.3) is 0 Å². The number of aliphatic hydroxyl groups is 6. The third-order valence-corrected chi connectivity index (χ3v) is 11.8. The highest BCUT2D eigenvalue weighted by Gasteiger charge is 2.44. The molecule has 8 atom stereocenters. The van der Waals surface area contributed by atoms with E-state index in [1.807, 2.05) is 0 Å². The van der Waals surface area contributed by atoms with Crippen molar-refractivity contribution in [2.24, 2.45) is 0 Å². The Morgan fingerprint density at radius 1 is 0.554 bits per heavy atom. The van der Waals surface area contributed by atoms with Crippen molar-refractivity contribution in [2.75, 3.05) is 13.2 Å². The van der Waals surface area contributed by atoms with E-state index in [1.54, 1.807) is 0 Å². The van der Waals surface area contributed by atoms with E-state index in [-0.39, 0.29) is 18.9 Å². The Balaban J connectivity index is 2.34. The van der Waals surface area contributed by atoms with Gasteiger partial charge < -0.3 is 45.4 Å². The molecule has 56 heavy (non-hydrogen) atoms. The standard InChI is InChI=1S/C46H91NO9/c1-3-5-7-9-11-13-15-17-18-19-20-21-22-23-25-27-29-31-33-35-41(50)47-38(37-55-46-45(54)44(53)43(52)40(36-48)56-46)42(51)39(49)34-32-30-28-26-24-16-14-12-10-8-6-4-2/h38-40,42-46,48-49,51-54H,3-37H2,1-2H3,(H,47,50)/t38-,39+,40+,42-,43+,44?,45?,46+/m0/s1. The summed E-state index contributed by atoms with van der Waals surface area (Å²) in [5, 5.41) is 65.1. The molecule has 334 valence electrons. The van der Waals surface area contributed by atoms with E-state index in [9.17, 15) is 35.4 Å². The van der Waals surface area contributed by atoms with Crippen LogP contribution in [0, 0.1) is 0 Å². The zero-order valence-electron chi connectivity index (χ0n) is 36.3. The smallest absolute Gasteiger partial charge is 0.220 e. The zero-order valence-corrected chi connectivity index (χ0v) is 36.3. The van der Waals surface area contributed by atoms with Crippen LogP contribution in [0.5, 0.6) is 0 Å². The molecule has 0 aromatic heterocycles. The summed E-state index contributed by atoms with van der Waals surface area (Å²) in [5.41, 5.74) is 0. The molecule has 0 radical (unpaired) electrons. The van der Waals surface area contributed by atoms with Gasteiger partial charge in [-0.25, -0.2) is 0 Å². The number of carbonyl (C=O) groups excluding carboxylic acids is 1. The van der Waals surface area contributed by atoms with Crippen LogP contribution in [0.3, 0.4) is 0 Å². The fourth-order valence-electron chi connectivity index (χ4n) is 7.91. The van der Waals surface area contributed by atoms with E-state index in [1.165, 1.54) is 161 Å². The van der Waals surface area contributed by atoms with Gasteiger partial charge in [0.1, 0.15) is 30.5 Å². The molecule has 10 nitrogen and oxygen atoms in total. The van der Waals surface area contributed by atoms with Crippen LogP contribution in [0.25, 0.3) is 0 Å². The minimum atomic E-state index is -1.60. The van der Waals surface area contributed by atoms with Crippen LogP contribution in [0.2, 0.25) is 0 Å². The Morgan fingerprint density at radius 2 is 0.929 bits per heavy atom. The van der Waals surface area contributed by atoms with Gasteiger partial charge >= 0.3 is 0 Å². The Morgan fingerprint density at radius 3 is 1.32 bits per heavy atom. The van der Waals surface area contributed by atoms with E-state index < -0.39 is 55.6 Å². The molecule has 1 amide bonds. The summed E-state index contributed by atoms with van der Waals surface area (Å²) in [6.07, 6.45) is 29.7. The maximum atomic E-state index is 13.0. The second-order valence-electron chi connectivity index (χ2n) is 17.1. The van der Waals surface area contributed by atoms with E-state index in [4.69, 9.17) is 9.47 Å². The highest BCUT2D eigenvalue weighted by Crippen LogP contribution is 2.23. The van der Waals surface area contributed by atoms with Gasteiger partial charge in [0.15, 0.2) is 6.29 Å². The highest BCUT2D eigenvalue weighted by molar-refractivity contribution is 5.76. The number of hydrogen-bond acceptors (Lipinski definition) is 9. The SMILES string of the molecule is CCCCCCCCCCCCCCCCCCCCCC(=O)N[C@@H](CO[C@@H]1O[C@H](CO)[C@@H](O)C(O)C1O)[C@H](O)[C@H](O)CCCCCCCCCCCCCC. The van der Waals surface area contributed by atoms with Gasteiger partial charge in [-0.1, -0.05) is 206 Å². The summed E-state index contributed by atoms with van der Waals surface area (Å²) < 4.78 is 11.2. The van der Waals surface area contributed by atoms with Crippen molar-refractivity contribution in [1.82, 2.24) is 5.32 Å². The van der Waals surface area contributed by atoms with Crippen LogP contribution < -0.4 is 5.32 Å². The number of nitrogens with one attached hydrogen (secondary N) is 1. The van der Waals surface area contributed by atoms with Crippen molar-refractivity contribution in [2.45, 2.75) is 275 Å². The number of ether oxygens (including phenoxy) is 2. The Bertz CT molecular complexity index is 864. The molecular weight excluding hydrogens is 711 g/mol. The summed E-state index contributed by atoms with van der Waals surface area (Å²) in [6.45, 7) is 3.62. The van der Waals surface area contributed by atoms with Crippen LogP contribution in [-0.4, -0.2) is 98.7 Å². The van der Waals surface area contributed by atoms with Gasteiger partial charge in [-0.2, -0.15) is 0 Å². The lowest BCUT2D eigenvalue weighted by molar-refractivity contribution is -0.303. The van der Waals surface area contributed by atoms with Crippen LogP contribution in [-0.2, 0) is 14.3 Å². The first kappa shape index (κ1) is 53.2. The fraction of sp³-hybridized carbons (Fsp3) is 0.978. The number of carbonyl (C=O) groups is 1. The summed E-state index contributed by atoms with van der Waals surface area (Å²) in [7, 11) is 0. The maximum absolute atomic E-state index is 13.0. The van der Waals surface area contributed by atoms with E-state index in [0.29, 0.717) is 6.42 Å². The molecular formula is C46H91NO9. The van der Waals surface area contributed by atoms with Gasteiger partial charge in [-0.15, -0.1) is 0 Å². The van der Waals surface area contributed by atoms with Crippen LogP contribution in [0.15, 0.2) is 0 Å². The molecule has 0 aromatic rings. The van der Waals surface area contributed by atoms with Crippen molar-refractivity contribution in [1.29, 1.82) is 0 Å². The molecule has 2 unspecified atom stereocenters. The average molecular weight is 802 g/mol. The molecule has 0 bridgehead atoms. The molecule has 1 fully saturated rings. The quantitative estimate of drug-likeness (QED) is 0.0299. The van der Waals surface area contributed by atoms with Gasteiger partial charge in [-0.05, 0) is 12.8 Å².